The lowest BCUT2D eigenvalue weighted by Crippen LogP contribution is -2.17. The fourth-order valence-corrected chi connectivity index (χ4v) is 1.80. The molecule has 80 valence electrons. The SMILES string of the molecule is CCCOC(=O)C1CNc2ccccc21. The van der Waals surface area contributed by atoms with Crippen LogP contribution in [0.15, 0.2) is 24.3 Å². The van der Waals surface area contributed by atoms with Gasteiger partial charge < -0.3 is 10.1 Å². The molecule has 1 aliphatic heterocycles. The molecule has 0 bridgehead atoms. The van der Waals surface area contributed by atoms with Gasteiger partial charge in [-0.3, -0.25) is 4.79 Å². The van der Waals surface area contributed by atoms with Crippen LogP contribution in [-0.2, 0) is 9.53 Å². The van der Waals surface area contributed by atoms with E-state index in [1.54, 1.807) is 0 Å². The highest BCUT2D eigenvalue weighted by molar-refractivity contribution is 5.83. The van der Waals surface area contributed by atoms with Crippen LogP contribution >= 0.6 is 0 Å². The predicted molar refractivity (Wildman–Crippen MR) is 58.9 cm³/mol. The molecule has 1 aliphatic rings. The highest BCUT2D eigenvalue weighted by atomic mass is 16.5. The lowest BCUT2D eigenvalue weighted by molar-refractivity contribution is -0.145. The Morgan fingerprint density at radius 3 is 3.13 bits per heavy atom. The van der Waals surface area contributed by atoms with E-state index in [4.69, 9.17) is 4.74 Å². The van der Waals surface area contributed by atoms with E-state index in [0.29, 0.717) is 13.2 Å². The van der Waals surface area contributed by atoms with Gasteiger partial charge in [0, 0.05) is 12.2 Å². The first kappa shape index (κ1) is 10.0. The Morgan fingerprint density at radius 1 is 1.53 bits per heavy atom. The number of esters is 1. The van der Waals surface area contributed by atoms with Gasteiger partial charge in [0.05, 0.1) is 6.61 Å². The highest BCUT2D eigenvalue weighted by Crippen LogP contribution is 2.31. The van der Waals surface area contributed by atoms with E-state index in [2.05, 4.69) is 5.32 Å². The van der Waals surface area contributed by atoms with Gasteiger partial charge >= 0.3 is 5.97 Å². The van der Waals surface area contributed by atoms with Crippen LogP contribution in [-0.4, -0.2) is 19.1 Å². The van der Waals surface area contributed by atoms with E-state index in [1.165, 1.54) is 0 Å². The standard InChI is InChI=1S/C12H15NO2/c1-2-7-15-12(14)10-8-13-11-6-4-3-5-9(10)11/h3-6,10,13H,2,7-8H2,1H3. The number of carbonyl (C=O) groups is 1. The number of anilines is 1. The monoisotopic (exact) mass is 205 g/mol. The fourth-order valence-electron chi connectivity index (χ4n) is 1.80. The van der Waals surface area contributed by atoms with E-state index >= 15 is 0 Å². The van der Waals surface area contributed by atoms with Gasteiger partial charge in [-0.15, -0.1) is 0 Å². The molecule has 0 saturated heterocycles. The minimum Gasteiger partial charge on any atom is -0.465 e. The van der Waals surface area contributed by atoms with E-state index in [-0.39, 0.29) is 11.9 Å². The van der Waals surface area contributed by atoms with Crippen LogP contribution in [0, 0.1) is 0 Å². The largest absolute Gasteiger partial charge is 0.465 e. The highest BCUT2D eigenvalue weighted by Gasteiger charge is 2.29. The molecular formula is C12H15NO2. The number of hydrogen-bond acceptors (Lipinski definition) is 3. The molecular weight excluding hydrogens is 190 g/mol. The van der Waals surface area contributed by atoms with Crippen molar-refractivity contribution in [2.24, 2.45) is 0 Å². The summed E-state index contributed by atoms with van der Waals surface area (Å²) in [6.07, 6.45) is 0.869. The van der Waals surface area contributed by atoms with Gasteiger partial charge in [-0.2, -0.15) is 0 Å². The second kappa shape index (κ2) is 4.34. The van der Waals surface area contributed by atoms with Crippen LogP contribution in [0.4, 0.5) is 5.69 Å². The topological polar surface area (TPSA) is 38.3 Å². The number of benzene rings is 1. The van der Waals surface area contributed by atoms with Crippen molar-refractivity contribution in [3.63, 3.8) is 0 Å². The Bertz CT molecular complexity index is 362. The van der Waals surface area contributed by atoms with Gasteiger partial charge in [0.2, 0.25) is 0 Å². The number of rotatable bonds is 3. The molecule has 1 atom stereocenters. The van der Waals surface area contributed by atoms with E-state index < -0.39 is 0 Å². The maximum atomic E-state index is 11.7. The number of para-hydroxylation sites is 1. The lowest BCUT2D eigenvalue weighted by atomic mass is 10.0. The van der Waals surface area contributed by atoms with Gasteiger partial charge in [-0.1, -0.05) is 25.1 Å². The fraction of sp³-hybridized carbons (Fsp3) is 0.417. The number of hydrogen-bond donors (Lipinski definition) is 1. The third-order valence-corrected chi connectivity index (χ3v) is 2.57. The average molecular weight is 205 g/mol. The molecule has 0 fully saturated rings. The molecule has 0 spiro atoms. The zero-order valence-electron chi connectivity index (χ0n) is 8.82. The molecule has 0 radical (unpaired) electrons. The zero-order valence-corrected chi connectivity index (χ0v) is 8.82. The van der Waals surface area contributed by atoms with Gasteiger partial charge in [-0.25, -0.2) is 0 Å². The lowest BCUT2D eigenvalue weighted by Gasteiger charge is -2.09. The Morgan fingerprint density at radius 2 is 2.33 bits per heavy atom. The summed E-state index contributed by atoms with van der Waals surface area (Å²) in [5.74, 6) is -0.248. The summed E-state index contributed by atoms with van der Waals surface area (Å²) in [4.78, 5) is 11.7. The first-order valence-corrected chi connectivity index (χ1v) is 5.32. The van der Waals surface area contributed by atoms with Crippen molar-refractivity contribution in [2.75, 3.05) is 18.5 Å². The molecule has 1 aromatic carbocycles. The summed E-state index contributed by atoms with van der Waals surface area (Å²) in [6.45, 7) is 3.16. The van der Waals surface area contributed by atoms with E-state index in [0.717, 1.165) is 17.7 Å². The molecule has 3 heteroatoms. The first-order valence-electron chi connectivity index (χ1n) is 5.32. The minimum absolute atomic E-state index is 0.116. The van der Waals surface area contributed by atoms with Gasteiger partial charge in [0.15, 0.2) is 0 Å². The van der Waals surface area contributed by atoms with Gasteiger partial charge in [0.1, 0.15) is 5.92 Å². The molecule has 1 heterocycles. The maximum Gasteiger partial charge on any atom is 0.315 e. The number of carbonyl (C=O) groups excluding carboxylic acids is 1. The Hall–Kier alpha value is -1.51. The first-order chi connectivity index (χ1) is 7.33. The zero-order chi connectivity index (χ0) is 10.7. The van der Waals surface area contributed by atoms with Crippen LogP contribution in [0.5, 0.6) is 0 Å². The molecule has 15 heavy (non-hydrogen) atoms. The molecule has 3 nitrogen and oxygen atoms in total. The summed E-state index contributed by atoms with van der Waals surface area (Å²) in [5, 5.41) is 3.21. The molecule has 1 unspecified atom stereocenters. The van der Waals surface area contributed by atoms with Crippen LogP contribution in [0.2, 0.25) is 0 Å². The summed E-state index contributed by atoms with van der Waals surface area (Å²) in [6, 6.07) is 7.88. The molecule has 1 aromatic rings. The maximum absolute atomic E-state index is 11.7. The Kier molecular flexibility index (Phi) is 2.90. The number of nitrogens with one attached hydrogen (secondary N) is 1. The molecule has 0 saturated carbocycles. The Balaban J connectivity index is 2.10. The molecule has 0 amide bonds. The minimum atomic E-state index is -0.132. The van der Waals surface area contributed by atoms with Gasteiger partial charge in [0.25, 0.3) is 0 Å². The molecule has 1 N–H and O–H groups in total. The second-order valence-electron chi connectivity index (χ2n) is 3.69. The van der Waals surface area contributed by atoms with Crippen LogP contribution in [0.1, 0.15) is 24.8 Å². The van der Waals surface area contributed by atoms with Crippen molar-refractivity contribution in [1.29, 1.82) is 0 Å². The van der Waals surface area contributed by atoms with Crippen LogP contribution in [0.3, 0.4) is 0 Å². The predicted octanol–water partition coefficient (Wildman–Crippen LogP) is 2.15. The van der Waals surface area contributed by atoms with Crippen molar-refractivity contribution in [3.8, 4) is 0 Å². The van der Waals surface area contributed by atoms with E-state index in [9.17, 15) is 4.79 Å². The molecule has 0 aliphatic carbocycles. The summed E-state index contributed by atoms with van der Waals surface area (Å²) in [7, 11) is 0. The van der Waals surface area contributed by atoms with Crippen LogP contribution in [0.25, 0.3) is 0 Å². The van der Waals surface area contributed by atoms with Crippen molar-refractivity contribution in [1.82, 2.24) is 0 Å². The third-order valence-electron chi connectivity index (χ3n) is 2.57. The second-order valence-corrected chi connectivity index (χ2v) is 3.69. The Labute approximate surface area is 89.4 Å². The van der Waals surface area contributed by atoms with E-state index in [1.807, 2.05) is 31.2 Å². The summed E-state index contributed by atoms with van der Waals surface area (Å²) >= 11 is 0. The molecule has 2 rings (SSSR count). The van der Waals surface area contributed by atoms with Crippen LogP contribution < -0.4 is 5.32 Å². The molecule has 0 aromatic heterocycles. The van der Waals surface area contributed by atoms with Crippen molar-refractivity contribution in [2.45, 2.75) is 19.3 Å². The summed E-state index contributed by atoms with van der Waals surface area (Å²) < 4.78 is 5.15. The average Bonchev–Trinajstić information content (AvgIpc) is 2.69. The number of fused-ring (bicyclic) bond motifs is 1. The quantitative estimate of drug-likeness (QED) is 0.768. The van der Waals surface area contributed by atoms with Crippen molar-refractivity contribution in [3.05, 3.63) is 29.8 Å². The third kappa shape index (κ3) is 1.96. The van der Waals surface area contributed by atoms with Crippen molar-refractivity contribution >= 4 is 11.7 Å². The van der Waals surface area contributed by atoms with Crippen molar-refractivity contribution < 1.29 is 9.53 Å². The summed E-state index contributed by atoms with van der Waals surface area (Å²) in [5.41, 5.74) is 2.11. The number of ether oxygens (including phenoxy) is 1. The van der Waals surface area contributed by atoms with Gasteiger partial charge in [-0.05, 0) is 18.1 Å². The smallest absolute Gasteiger partial charge is 0.315 e. The normalized spacial score (nSPS) is 18.1.